The zero-order valence-electron chi connectivity index (χ0n) is 17.0. The number of methoxy groups -OCH3 is 2. The zero-order valence-corrected chi connectivity index (χ0v) is 17.0. The van der Waals surface area contributed by atoms with Gasteiger partial charge in [-0.05, 0) is 30.7 Å². The number of hydrogen-bond donors (Lipinski definition) is 2. The maximum atomic E-state index is 5.44. The van der Waals surface area contributed by atoms with Crippen LogP contribution in [0.3, 0.4) is 0 Å². The number of fused-ring (bicyclic) bond motifs is 1. The fourth-order valence-corrected chi connectivity index (χ4v) is 2.88. The molecule has 1 heterocycles. The Morgan fingerprint density at radius 1 is 1.00 bits per heavy atom. The van der Waals surface area contributed by atoms with E-state index in [2.05, 4.69) is 39.6 Å². The van der Waals surface area contributed by atoms with Crippen LogP contribution >= 0.6 is 0 Å². The molecule has 148 valence electrons. The standard InChI is InChI=1S/C21H27N5O2/c1-6-10-22-20-16-12-18(27-4)19(28-5)13-17(16)24-21(25-20)23-14-8-7-9-15(11-14)26(2)3/h7-9,11-13H,6,10H2,1-5H3,(H2,22,23,24,25). The van der Waals surface area contributed by atoms with Gasteiger partial charge in [-0.2, -0.15) is 4.98 Å². The van der Waals surface area contributed by atoms with Crippen molar-refractivity contribution in [2.75, 3.05) is 50.4 Å². The lowest BCUT2D eigenvalue weighted by Gasteiger charge is -2.16. The van der Waals surface area contributed by atoms with E-state index >= 15 is 0 Å². The molecular formula is C21H27N5O2. The summed E-state index contributed by atoms with van der Waals surface area (Å²) >= 11 is 0. The molecule has 0 fully saturated rings. The van der Waals surface area contributed by atoms with E-state index < -0.39 is 0 Å². The Morgan fingerprint density at radius 2 is 1.75 bits per heavy atom. The maximum absolute atomic E-state index is 5.44. The fraction of sp³-hybridized carbons (Fsp3) is 0.333. The zero-order chi connectivity index (χ0) is 20.1. The first kappa shape index (κ1) is 19.5. The van der Waals surface area contributed by atoms with Crippen molar-refractivity contribution in [2.45, 2.75) is 13.3 Å². The fourth-order valence-electron chi connectivity index (χ4n) is 2.88. The average molecular weight is 381 g/mol. The van der Waals surface area contributed by atoms with Crippen LogP contribution in [0.4, 0.5) is 23.1 Å². The minimum absolute atomic E-state index is 0.522. The van der Waals surface area contributed by atoms with Crippen molar-refractivity contribution in [3.05, 3.63) is 36.4 Å². The Balaban J connectivity index is 2.06. The second kappa shape index (κ2) is 8.65. The highest BCUT2D eigenvalue weighted by molar-refractivity contribution is 5.93. The Kier molecular flexibility index (Phi) is 6.03. The predicted octanol–water partition coefficient (Wildman–Crippen LogP) is 4.28. The van der Waals surface area contributed by atoms with E-state index in [9.17, 15) is 0 Å². The molecule has 3 rings (SSSR count). The summed E-state index contributed by atoms with van der Waals surface area (Å²) in [6.07, 6.45) is 0.992. The van der Waals surface area contributed by atoms with Crippen molar-refractivity contribution in [1.82, 2.24) is 9.97 Å². The third-order valence-electron chi connectivity index (χ3n) is 4.36. The highest BCUT2D eigenvalue weighted by Gasteiger charge is 2.13. The van der Waals surface area contributed by atoms with Gasteiger partial charge in [-0.25, -0.2) is 4.98 Å². The monoisotopic (exact) mass is 381 g/mol. The van der Waals surface area contributed by atoms with Gasteiger partial charge < -0.3 is 25.0 Å². The van der Waals surface area contributed by atoms with E-state index in [0.29, 0.717) is 17.4 Å². The van der Waals surface area contributed by atoms with Crippen molar-refractivity contribution in [3.63, 3.8) is 0 Å². The van der Waals surface area contributed by atoms with Crippen molar-refractivity contribution >= 4 is 34.0 Å². The molecule has 7 nitrogen and oxygen atoms in total. The summed E-state index contributed by atoms with van der Waals surface area (Å²) in [5.41, 5.74) is 2.80. The number of nitrogens with zero attached hydrogens (tertiary/aromatic N) is 3. The molecule has 1 aromatic heterocycles. The van der Waals surface area contributed by atoms with Crippen LogP contribution in [0.25, 0.3) is 10.9 Å². The first-order valence-corrected chi connectivity index (χ1v) is 9.27. The third-order valence-corrected chi connectivity index (χ3v) is 4.36. The van der Waals surface area contributed by atoms with Crippen LogP contribution in [0.5, 0.6) is 11.5 Å². The molecule has 0 aliphatic rings. The van der Waals surface area contributed by atoms with Crippen molar-refractivity contribution in [3.8, 4) is 11.5 Å². The lowest BCUT2D eigenvalue weighted by molar-refractivity contribution is 0.356. The van der Waals surface area contributed by atoms with Crippen LogP contribution < -0.4 is 25.0 Å². The number of hydrogen-bond acceptors (Lipinski definition) is 7. The van der Waals surface area contributed by atoms with E-state index in [1.54, 1.807) is 14.2 Å². The summed E-state index contributed by atoms with van der Waals surface area (Å²) in [7, 11) is 7.26. The third kappa shape index (κ3) is 4.19. The molecule has 2 aromatic carbocycles. The number of rotatable bonds is 8. The minimum Gasteiger partial charge on any atom is -0.493 e. The molecule has 0 aliphatic carbocycles. The topological polar surface area (TPSA) is 71.5 Å². The minimum atomic E-state index is 0.522. The Bertz CT molecular complexity index is 959. The second-order valence-corrected chi connectivity index (χ2v) is 6.62. The molecule has 0 aliphatic heterocycles. The van der Waals surface area contributed by atoms with Gasteiger partial charge in [0.15, 0.2) is 11.5 Å². The maximum Gasteiger partial charge on any atom is 0.229 e. The first-order valence-electron chi connectivity index (χ1n) is 9.27. The predicted molar refractivity (Wildman–Crippen MR) is 115 cm³/mol. The van der Waals surface area contributed by atoms with Crippen LogP contribution in [0, 0.1) is 0 Å². The van der Waals surface area contributed by atoms with E-state index in [-0.39, 0.29) is 0 Å². The summed E-state index contributed by atoms with van der Waals surface area (Å²) < 4.78 is 10.9. The quantitative estimate of drug-likeness (QED) is 0.603. The summed E-state index contributed by atoms with van der Waals surface area (Å²) in [6.45, 7) is 2.93. The molecule has 0 radical (unpaired) electrons. The molecule has 0 bridgehead atoms. The van der Waals surface area contributed by atoms with Crippen molar-refractivity contribution in [1.29, 1.82) is 0 Å². The lowest BCUT2D eigenvalue weighted by atomic mass is 10.2. The average Bonchev–Trinajstić information content (AvgIpc) is 2.71. The molecule has 0 saturated heterocycles. The van der Waals surface area contributed by atoms with Gasteiger partial charge in [0.2, 0.25) is 5.95 Å². The normalized spacial score (nSPS) is 10.6. The highest BCUT2D eigenvalue weighted by atomic mass is 16.5. The van der Waals surface area contributed by atoms with Crippen LogP contribution in [0.1, 0.15) is 13.3 Å². The number of nitrogens with one attached hydrogen (secondary N) is 2. The van der Waals surface area contributed by atoms with Gasteiger partial charge in [0.05, 0.1) is 19.7 Å². The van der Waals surface area contributed by atoms with Gasteiger partial charge in [-0.1, -0.05) is 13.0 Å². The van der Waals surface area contributed by atoms with Crippen molar-refractivity contribution in [2.24, 2.45) is 0 Å². The molecule has 0 spiro atoms. The molecule has 0 atom stereocenters. The smallest absolute Gasteiger partial charge is 0.229 e. The molecule has 28 heavy (non-hydrogen) atoms. The van der Waals surface area contributed by atoms with Crippen LogP contribution in [0.2, 0.25) is 0 Å². The van der Waals surface area contributed by atoms with E-state index in [4.69, 9.17) is 14.5 Å². The molecule has 2 N–H and O–H groups in total. The Hall–Kier alpha value is -3.22. The molecular weight excluding hydrogens is 354 g/mol. The van der Waals surface area contributed by atoms with Gasteiger partial charge in [0.25, 0.3) is 0 Å². The van der Waals surface area contributed by atoms with Crippen LogP contribution in [-0.4, -0.2) is 44.8 Å². The van der Waals surface area contributed by atoms with Gasteiger partial charge in [0.1, 0.15) is 5.82 Å². The Morgan fingerprint density at radius 3 is 2.43 bits per heavy atom. The molecule has 0 amide bonds. The number of anilines is 4. The van der Waals surface area contributed by atoms with E-state index in [1.165, 1.54) is 0 Å². The summed E-state index contributed by atoms with van der Waals surface area (Å²) in [6, 6.07) is 11.9. The second-order valence-electron chi connectivity index (χ2n) is 6.62. The summed E-state index contributed by atoms with van der Waals surface area (Å²) in [4.78, 5) is 11.4. The highest BCUT2D eigenvalue weighted by Crippen LogP contribution is 2.35. The first-order chi connectivity index (χ1) is 13.5. The molecule has 0 unspecified atom stereocenters. The molecule has 7 heteroatoms. The van der Waals surface area contributed by atoms with Gasteiger partial charge in [-0.15, -0.1) is 0 Å². The number of ether oxygens (including phenoxy) is 2. The van der Waals surface area contributed by atoms with Gasteiger partial charge in [-0.3, -0.25) is 0 Å². The number of benzene rings is 2. The van der Waals surface area contributed by atoms with Crippen LogP contribution in [-0.2, 0) is 0 Å². The van der Waals surface area contributed by atoms with Gasteiger partial charge in [0, 0.05) is 43.5 Å². The number of aromatic nitrogens is 2. The Labute approximate surface area is 165 Å². The van der Waals surface area contributed by atoms with Crippen LogP contribution in [0.15, 0.2) is 36.4 Å². The van der Waals surface area contributed by atoms with E-state index in [0.717, 1.165) is 41.1 Å². The summed E-state index contributed by atoms with van der Waals surface area (Å²) in [5, 5.41) is 7.59. The SMILES string of the molecule is CCCNc1nc(Nc2cccc(N(C)C)c2)nc2cc(OC)c(OC)cc12. The molecule has 3 aromatic rings. The van der Waals surface area contributed by atoms with Crippen molar-refractivity contribution < 1.29 is 9.47 Å². The summed E-state index contributed by atoms with van der Waals surface area (Å²) in [5.74, 6) is 2.57. The van der Waals surface area contributed by atoms with Gasteiger partial charge >= 0.3 is 0 Å². The largest absolute Gasteiger partial charge is 0.493 e. The lowest BCUT2D eigenvalue weighted by Crippen LogP contribution is -2.09. The van der Waals surface area contributed by atoms with E-state index in [1.807, 2.05) is 38.4 Å². The molecule has 0 saturated carbocycles.